The Labute approximate surface area is 103 Å². The Bertz CT molecular complexity index is 338. The molecule has 0 amide bonds. The molecule has 2 rings (SSSR count). The highest BCUT2D eigenvalue weighted by atomic mass is 19.1. The molecule has 1 N–H and O–H groups in total. The number of nitrogens with one attached hydrogen (secondary N) is 1. The van der Waals surface area contributed by atoms with Gasteiger partial charge in [0.15, 0.2) is 0 Å². The Balaban J connectivity index is 1.88. The van der Waals surface area contributed by atoms with E-state index in [1.165, 1.54) is 43.4 Å². The fourth-order valence-electron chi connectivity index (χ4n) is 2.63. The smallest absolute Gasteiger partial charge is 0.123 e. The van der Waals surface area contributed by atoms with Crippen LogP contribution in [0.3, 0.4) is 0 Å². The van der Waals surface area contributed by atoms with Crippen molar-refractivity contribution in [2.75, 3.05) is 0 Å². The molecule has 0 unspecified atom stereocenters. The van der Waals surface area contributed by atoms with Gasteiger partial charge < -0.3 is 5.32 Å². The second kappa shape index (κ2) is 5.63. The third-order valence-corrected chi connectivity index (χ3v) is 3.87. The first-order chi connectivity index (χ1) is 8.15. The van der Waals surface area contributed by atoms with Crippen LogP contribution in [0.15, 0.2) is 24.3 Å². The van der Waals surface area contributed by atoms with E-state index in [0.717, 1.165) is 5.92 Å². The Morgan fingerprint density at radius 2 is 1.71 bits per heavy atom. The lowest BCUT2D eigenvalue weighted by molar-refractivity contribution is 0.291. The van der Waals surface area contributed by atoms with Gasteiger partial charge in [-0.2, -0.15) is 0 Å². The predicted octanol–water partition coefficient (Wildman–Crippen LogP) is 4.06. The Morgan fingerprint density at radius 3 is 2.29 bits per heavy atom. The molecule has 1 nitrogen and oxygen atoms in total. The average molecular weight is 235 g/mol. The topological polar surface area (TPSA) is 12.0 Å². The fourth-order valence-corrected chi connectivity index (χ4v) is 2.63. The molecule has 0 bridgehead atoms. The van der Waals surface area contributed by atoms with E-state index in [4.69, 9.17) is 0 Å². The molecule has 1 aliphatic rings. The van der Waals surface area contributed by atoms with Gasteiger partial charge in [0.1, 0.15) is 5.82 Å². The van der Waals surface area contributed by atoms with E-state index in [0.29, 0.717) is 12.1 Å². The summed E-state index contributed by atoms with van der Waals surface area (Å²) in [5.41, 5.74) is 1.17. The van der Waals surface area contributed by atoms with Crippen LogP contribution in [0.5, 0.6) is 0 Å². The highest BCUT2D eigenvalue weighted by Crippen LogP contribution is 2.25. The zero-order chi connectivity index (χ0) is 12.3. The van der Waals surface area contributed by atoms with E-state index < -0.39 is 0 Å². The van der Waals surface area contributed by atoms with E-state index >= 15 is 0 Å². The van der Waals surface area contributed by atoms with Gasteiger partial charge in [0, 0.05) is 12.1 Å². The van der Waals surface area contributed by atoms with Crippen LogP contribution in [-0.4, -0.2) is 6.04 Å². The summed E-state index contributed by atoms with van der Waals surface area (Å²) in [5, 5.41) is 3.65. The summed E-state index contributed by atoms with van der Waals surface area (Å²) >= 11 is 0. The lowest BCUT2D eigenvalue weighted by atomic mass is 9.87. The summed E-state index contributed by atoms with van der Waals surface area (Å²) in [6, 6.07) is 7.77. The van der Waals surface area contributed by atoms with Gasteiger partial charge in [0.05, 0.1) is 0 Å². The predicted molar refractivity (Wildman–Crippen MR) is 69.4 cm³/mol. The maximum absolute atomic E-state index is 12.8. The van der Waals surface area contributed by atoms with Crippen molar-refractivity contribution in [2.24, 2.45) is 5.92 Å². The third kappa shape index (κ3) is 3.53. The molecule has 1 atom stereocenters. The van der Waals surface area contributed by atoms with Crippen LogP contribution in [-0.2, 0) is 0 Å². The summed E-state index contributed by atoms with van der Waals surface area (Å²) in [7, 11) is 0. The molecule has 1 saturated carbocycles. The number of benzene rings is 1. The van der Waals surface area contributed by atoms with Crippen LogP contribution >= 0.6 is 0 Å². The van der Waals surface area contributed by atoms with Gasteiger partial charge in [0.25, 0.3) is 0 Å². The normalized spacial score (nSPS) is 26.8. The number of hydrogen-bond acceptors (Lipinski definition) is 1. The molecule has 1 fully saturated rings. The maximum Gasteiger partial charge on any atom is 0.123 e. The number of hydrogen-bond donors (Lipinski definition) is 1. The van der Waals surface area contributed by atoms with Gasteiger partial charge in [-0.3, -0.25) is 0 Å². The number of rotatable bonds is 3. The fraction of sp³-hybridized carbons (Fsp3) is 0.600. The van der Waals surface area contributed by atoms with Crippen molar-refractivity contribution in [3.05, 3.63) is 35.6 Å². The molecule has 0 spiro atoms. The zero-order valence-electron chi connectivity index (χ0n) is 10.7. The molecule has 1 aromatic carbocycles. The van der Waals surface area contributed by atoms with Crippen molar-refractivity contribution in [3.8, 4) is 0 Å². The van der Waals surface area contributed by atoms with Crippen molar-refractivity contribution in [1.29, 1.82) is 0 Å². The van der Waals surface area contributed by atoms with Crippen LogP contribution in [0.4, 0.5) is 4.39 Å². The molecule has 0 radical (unpaired) electrons. The SMILES string of the molecule is CC1CCC(N[C@@H](C)c2ccc(F)cc2)CC1. The van der Waals surface area contributed by atoms with Crippen molar-refractivity contribution < 1.29 is 4.39 Å². The van der Waals surface area contributed by atoms with E-state index in [1.54, 1.807) is 0 Å². The average Bonchev–Trinajstić information content (AvgIpc) is 2.33. The Hall–Kier alpha value is -0.890. The summed E-state index contributed by atoms with van der Waals surface area (Å²) in [6.07, 6.45) is 5.20. The summed E-state index contributed by atoms with van der Waals surface area (Å²) in [5.74, 6) is 0.724. The van der Waals surface area contributed by atoms with Gasteiger partial charge in [-0.15, -0.1) is 0 Å². The van der Waals surface area contributed by atoms with E-state index in [9.17, 15) is 4.39 Å². The standard InChI is InChI=1S/C15H22FN/c1-11-3-9-15(10-4-11)17-12(2)13-5-7-14(16)8-6-13/h5-8,11-12,15,17H,3-4,9-10H2,1-2H3/t11?,12-,15?/m0/s1. The molecule has 2 heteroatoms. The lowest BCUT2D eigenvalue weighted by Gasteiger charge is -2.29. The lowest BCUT2D eigenvalue weighted by Crippen LogP contribution is -2.34. The molecule has 1 aromatic rings. The zero-order valence-corrected chi connectivity index (χ0v) is 10.7. The molecule has 94 valence electrons. The highest BCUT2D eigenvalue weighted by molar-refractivity contribution is 5.19. The van der Waals surface area contributed by atoms with Crippen LogP contribution in [0.1, 0.15) is 51.1 Å². The van der Waals surface area contributed by atoms with Crippen LogP contribution in [0.25, 0.3) is 0 Å². The molecule has 0 aromatic heterocycles. The van der Waals surface area contributed by atoms with Crippen LogP contribution < -0.4 is 5.32 Å². The first-order valence-electron chi connectivity index (χ1n) is 6.66. The number of halogens is 1. The van der Waals surface area contributed by atoms with Crippen molar-refractivity contribution >= 4 is 0 Å². The van der Waals surface area contributed by atoms with Crippen molar-refractivity contribution in [2.45, 2.75) is 51.6 Å². The third-order valence-electron chi connectivity index (χ3n) is 3.87. The van der Waals surface area contributed by atoms with E-state index in [1.807, 2.05) is 12.1 Å². The van der Waals surface area contributed by atoms with Crippen molar-refractivity contribution in [1.82, 2.24) is 5.32 Å². The van der Waals surface area contributed by atoms with Crippen LogP contribution in [0.2, 0.25) is 0 Å². The summed E-state index contributed by atoms with van der Waals surface area (Å²) in [4.78, 5) is 0. The highest BCUT2D eigenvalue weighted by Gasteiger charge is 2.19. The molecule has 0 saturated heterocycles. The monoisotopic (exact) mass is 235 g/mol. The second-order valence-electron chi connectivity index (χ2n) is 5.40. The quantitative estimate of drug-likeness (QED) is 0.833. The van der Waals surface area contributed by atoms with Gasteiger partial charge >= 0.3 is 0 Å². The van der Waals surface area contributed by atoms with Crippen LogP contribution in [0, 0.1) is 11.7 Å². The van der Waals surface area contributed by atoms with E-state index in [2.05, 4.69) is 19.2 Å². The minimum atomic E-state index is -0.160. The first kappa shape index (κ1) is 12.6. The van der Waals surface area contributed by atoms with Gasteiger partial charge in [0.2, 0.25) is 0 Å². The molecular formula is C15H22FN. The van der Waals surface area contributed by atoms with Gasteiger partial charge in [-0.05, 0) is 56.2 Å². The molecule has 17 heavy (non-hydrogen) atoms. The molecular weight excluding hydrogens is 213 g/mol. The van der Waals surface area contributed by atoms with Gasteiger partial charge in [-0.1, -0.05) is 19.1 Å². The summed E-state index contributed by atoms with van der Waals surface area (Å²) in [6.45, 7) is 4.49. The minimum Gasteiger partial charge on any atom is -0.307 e. The Morgan fingerprint density at radius 1 is 1.12 bits per heavy atom. The Kier molecular flexibility index (Phi) is 4.16. The van der Waals surface area contributed by atoms with E-state index in [-0.39, 0.29) is 5.82 Å². The summed E-state index contributed by atoms with van der Waals surface area (Å²) < 4.78 is 12.8. The second-order valence-corrected chi connectivity index (χ2v) is 5.40. The van der Waals surface area contributed by atoms with Gasteiger partial charge in [-0.25, -0.2) is 4.39 Å². The largest absolute Gasteiger partial charge is 0.307 e. The molecule has 0 aliphatic heterocycles. The first-order valence-corrected chi connectivity index (χ1v) is 6.66. The maximum atomic E-state index is 12.8. The van der Waals surface area contributed by atoms with Crippen molar-refractivity contribution in [3.63, 3.8) is 0 Å². The molecule has 1 aliphatic carbocycles. The molecule has 0 heterocycles. The minimum absolute atomic E-state index is 0.160.